The number of hydrogen-bond donors (Lipinski definition) is 0. The number of aliphatic imine (C=N–C) groups is 1. The number of rotatable bonds is 2. The lowest BCUT2D eigenvalue weighted by atomic mass is 10.5. The predicted molar refractivity (Wildman–Crippen MR) is 54.8 cm³/mol. The smallest absolute Gasteiger partial charge is 0.174 e. The van der Waals surface area contributed by atoms with E-state index in [-0.39, 0.29) is 0 Å². The van der Waals surface area contributed by atoms with Crippen molar-refractivity contribution in [1.29, 1.82) is 0 Å². The van der Waals surface area contributed by atoms with Gasteiger partial charge in [-0.2, -0.15) is 0 Å². The highest BCUT2D eigenvalue weighted by Crippen LogP contribution is 2.07. The van der Waals surface area contributed by atoms with E-state index in [1.165, 1.54) is 0 Å². The molecule has 72 valence electrons. The zero-order valence-corrected chi connectivity index (χ0v) is 8.12. The van der Waals surface area contributed by atoms with Gasteiger partial charge in [-0.3, -0.25) is 0 Å². The fraction of sp³-hybridized carbons (Fsp3) is 0.222. The molecule has 0 aliphatic rings. The van der Waals surface area contributed by atoms with Crippen LogP contribution in [0.3, 0.4) is 0 Å². The second kappa shape index (κ2) is 3.45. The first-order valence-electron chi connectivity index (χ1n) is 4.27. The van der Waals surface area contributed by atoms with Crippen LogP contribution in [0.15, 0.2) is 29.5 Å². The van der Waals surface area contributed by atoms with Crippen LogP contribution in [0.25, 0.3) is 5.65 Å². The van der Waals surface area contributed by atoms with Gasteiger partial charge in [0.25, 0.3) is 0 Å². The third-order valence-electron chi connectivity index (χ3n) is 1.66. The van der Waals surface area contributed by atoms with Gasteiger partial charge in [0.2, 0.25) is 0 Å². The van der Waals surface area contributed by atoms with Crippen molar-refractivity contribution < 1.29 is 0 Å². The molecule has 0 aliphatic carbocycles. The van der Waals surface area contributed by atoms with E-state index < -0.39 is 0 Å². The summed E-state index contributed by atoms with van der Waals surface area (Å²) in [6.07, 6.45) is 5.22. The minimum Gasteiger partial charge on any atom is -0.369 e. The zero-order valence-electron chi connectivity index (χ0n) is 8.12. The van der Waals surface area contributed by atoms with Gasteiger partial charge in [0.05, 0.1) is 6.34 Å². The van der Waals surface area contributed by atoms with Crippen LogP contribution in [-0.2, 0) is 0 Å². The van der Waals surface area contributed by atoms with Crippen molar-refractivity contribution >= 4 is 17.8 Å². The largest absolute Gasteiger partial charge is 0.369 e. The van der Waals surface area contributed by atoms with Gasteiger partial charge < -0.3 is 4.90 Å². The molecule has 2 aromatic rings. The first-order chi connectivity index (χ1) is 6.75. The Morgan fingerprint density at radius 2 is 2.29 bits per heavy atom. The Hall–Kier alpha value is -1.91. The van der Waals surface area contributed by atoms with Gasteiger partial charge in [-0.05, 0) is 12.1 Å². The van der Waals surface area contributed by atoms with Crippen LogP contribution >= 0.6 is 0 Å². The Labute approximate surface area is 81.7 Å². The Balaban J connectivity index is 2.34. The van der Waals surface area contributed by atoms with E-state index in [1.807, 2.05) is 31.1 Å². The molecule has 2 rings (SSSR count). The van der Waals surface area contributed by atoms with E-state index in [1.54, 1.807) is 23.2 Å². The average Bonchev–Trinajstić information content (AvgIpc) is 2.61. The maximum absolute atomic E-state index is 4.24. The molecule has 5 heteroatoms. The SMILES string of the molecule is CN(C)C=Nc1ccc2nccn2n1. The molecule has 0 saturated heterocycles. The van der Waals surface area contributed by atoms with E-state index in [0.29, 0.717) is 5.82 Å². The van der Waals surface area contributed by atoms with Gasteiger partial charge in [-0.25, -0.2) is 14.5 Å². The summed E-state index contributed by atoms with van der Waals surface area (Å²) in [5.41, 5.74) is 0.828. The first-order valence-corrected chi connectivity index (χ1v) is 4.27. The molecule has 0 atom stereocenters. The summed E-state index contributed by atoms with van der Waals surface area (Å²) in [6.45, 7) is 0. The molecule has 0 amide bonds. The topological polar surface area (TPSA) is 45.8 Å². The molecule has 0 fully saturated rings. The maximum atomic E-state index is 4.24. The van der Waals surface area contributed by atoms with E-state index in [9.17, 15) is 0 Å². The molecular weight excluding hydrogens is 178 g/mol. The molecule has 2 heterocycles. The first kappa shape index (κ1) is 8.68. The fourth-order valence-corrected chi connectivity index (χ4v) is 1.05. The molecule has 14 heavy (non-hydrogen) atoms. The van der Waals surface area contributed by atoms with Gasteiger partial charge in [-0.15, -0.1) is 5.10 Å². The van der Waals surface area contributed by atoms with Crippen molar-refractivity contribution in [2.45, 2.75) is 0 Å². The van der Waals surface area contributed by atoms with Crippen molar-refractivity contribution in [2.75, 3.05) is 14.1 Å². The van der Waals surface area contributed by atoms with Crippen molar-refractivity contribution in [2.24, 2.45) is 4.99 Å². The van der Waals surface area contributed by atoms with Crippen LogP contribution in [0, 0.1) is 0 Å². The summed E-state index contributed by atoms with van der Waals surface area (Å²) >= 11 is 0. The van der Waals surface area contributed by atoms with Crippen LogP contribution in [-0.4, -0.2) is 39.9 Å². The molecule has 0 bridgehead atoms. The summed E-state index contributed by atoms with van der Waals surface area (Å²) in [5, 5.41) is 4.24. The molecular formula is C9H11N5. The molecule has 5 nitrogen and oxygen atoms in total. The number of aromatic nitrogens is 3. The summed E-state index contributed by atoms with van der Waals surface area (Å²) in [4.78, 5) is 10.1. The molecule has 0 aliphatic heterocycles. The molecule has 0 aromatic carbocycles. The number of nitrogens with zero attached hydrogens (tertiary/aromatic N) is 5. The van der Waals surface area contributed by atoms with Gasteiger partial charge in [0, 0.05) is 26.5 Å². The van der Waals surface area contributed by atoms with Gasteiger partial charge in [0.15, 0.2) is 11.5 Å². The lowest BCUT2D eigenvalue weighted by Gasteiger charge is -2.01. The van der Waals surface area contributed by atoms with Crippen molar-refractivity contribution in [3.05, 3.63) is 24.5 Å². The fourth-order valence-electron chi connectivity index (χ4n) is 1.05. The summed E-state index contributed by atoms with van der Waals surface area (Å²) in [5.74, 6) is 0.671. The van der Waals surface area contributed by atoms with E-state index in [2.05, 4.69) is 15.1 Å². The quantitative estimate of drug-likeness (QED) is 0.522. The van der Waals surface area contributed by atoms with Crippen LogP contribution in [0.2, 0.25) is 0 Å². The monoisotopic (exact) mass is 189 g/mol. The number of hydrogen-bond acceptors (Lipinski definition) is 3. The van der Waals surface area contributed by atoms with Crippen LogP contribution in [0.5, 0.6) is 0 Å². The lowest BCUT2D eigenvalue weighted by molar-refractivity contribution is 0.642. The minimum atomic E-state index is 0.671. The van der Waals surface area contributed by atoms with Crippen LogP contribution in [0.1, 0.15) is 0 Å². The highest BCUT2D eigenvalue weighted by molar-refractivity contribution is 5.59. The average molecular weight is 189 g/mol. The van der Waals surface area contributed by atoms with Crippen LogP contribution in [0.4, 0.5) is 5.82 Å². The van der Waals surface area contributed by atoms with Crippen molar-refractivity contribution in [3.8, 4) is 0 Å². The van der Waals surface area contributed by atoms with Crippen molar-refractivity contribution in [3.63, 3.8) is 0 Å². The molecule has 0 unspecified atom stereocenters. The standard InChI is InChI=1S/C9H11N5/c1-13(2)7-11-8-3-4-9-10-5-6-14(9)12-8/h3-7H,1-2H3. The predicted octanol–water partition coefficient (Wildman–Crippen LogP) is 0.951. The zero-order chi connectivity index (χ0) is 9.97. The Morgan fingerprint density at radius 1 is 1.43 bits per heavy atom. The number of imidazole rings is 1. The highest BCUT2D eigenvalue weighted by Gasteiger charge is 1.95. The Bertz CT molecular complexity index is 457. The Kier molecular flexibility index (Phi) is 2.14. The Morgan fingerprint density at radius 3 is 3.07 bits per heavy atom. The van der Waals surface area contributed by atoms with E-state index in [4.69, 9.17) is 0 Å². The maximum Gasteiger partial charge on any atom is 0.174 e. The van der Waals surface area contributed by atoms with E-state index in [0.717, 1.165) is 5.65 Å². The van der Waals surface area contributed by atoms with Gasteiger partial charge >= 0.3 is 0 Å². The summed E-state index contributed by atoms with van der Waals surface area (Å²) < 4.78 is 1.70. The second-order valence-corrected chi connectivity index (χ2v) is 3.13. The minimum absolute atomic E-state index is 0.671. The normalized spacial score (nSPS) is 11.3. The third kappa shape index (κ3) is 1.71. The molecule has 0 saturated carbocycles. The molecule has 0 N–H and O–H groups in total. The third-order valence-corrected chi connectivity index (χ3v) is 1.66. The highest BCUT2D eigenvalue weighted by atomic mass is 15.3. The van der Waals surface area contributed by atoms with Gasteiger partial charge in [-0.1, -0.05) is 0 Å². The van der Waals surface area contributed by atoms with Crippen LogP contribution < -0.4 is 0 Å². The van der Waals surface area contributed by atoms with Gasteiger partial charge in [0.1, 0.15) is 0 Å². The van der Waals surface area contributed by atoms with Crippen molar-refractivity contribution in [1.82, 2.24) is 19.5 Å². The van der Waals surface area contributed by atoms with E-state index >= 15 is 0 Å². The summed E-state index contributed by atoms with van der Waals surface area (Å²) in [7, 11) is 3.83. The molecule has 0 spiro atoms. The summed E-state index contributed by atoms with van der Waals surface area (Å²) in [6, 6.07) is 3.72. The molecule has 0 radical (unpaired) electrons. The second-order valence-electron chi connectivity index (χ2n) is 3.13. The number of fused-ring (bicyclic) bond motifs is 1. The molecule has 2 aromatic heterocycles. The lowest BCUT2D eigenvalue weighted by Crippen LogP contribution is -2.07.